The molecule has 1 aliphatic carbocycles. The lowest BCUT2D eigenvalue weighted by Gasteiger charge is -2.29. The molecule has 1 amide bonds. The largest absolute Gasteiger partial charge is 0.490 e. The Morgan fingerprint density at radius 2 is 1.53 bits per heavy atom. The van der Waals surface area contributed by atoms with Gasteiger partial charge >= 0.3 is 24.3 Å². The fourth-order valence-electron chi connectivity index (χ4n) is 3.66. The number of carbonyl (C=O) groups is 3. The number of aromatic nitrogens is 1. The fourth-order valence-corrected chi connectivity index (χ4v) is 3.66. The first kappa shape index (κ1) is 38.8. The molecule has 4 atom stereocenters. The summed E-state index contributed by atoms with van der Waals surface area (Å²) in [4.78, 5) is 37.0. The summed E-state index contributed by atoms with van der Waals surface area (Å²) in [7, 11) is 0. The fraction of sp³-hybridized carbons (Fsp3) is 0.467. The maximum atomic E-state index is 13.5. The Hall–Kier alpha value is -4.19. The van der Waals surface area contributed by atoms with Crippen molar-refractivity contribution in [2.75, 3.05) is 11.4 Å². The number of carboxylic acids is 2. The van der Waals surface area contributed by atoms with Gasteiger partial charge in [-0.2, -0.15) is 30.7 Å². The molecule has 45 heavy (non-hydrogen) atoms. The van der Waals surface area contributed by atoms with Crippen LogP contribution in [-0.2, 0) is 14.4 Å². The van der Waals surface area contributed by atoms with Crippen molar-refractivity contribution in [1.29, 1.82) is 0 Å². The highest BCUT2D eigenvalue weighted by atomic mass is 19.4. The molecule has 1 aromatic heterocycles. The molecule has 1 aliphatic rings. The zero-order chi connectivity index (χ0) is 34.5. The van der Waals surface area contributed by atoms with Gasteiger partial charge in [0.15, 0.2) is 0 Å². The number of benzene rings is 1. The molecular weight excluding hydrogens is 615 g/mol. The smallest absolute Gasteiger partial charge is 0.475 e. The molecule has 4 N–H and O–H groups in total. The molecule has 15 heteroatoms. The summed E-state index contributed by atoms with van der Waals surface area (Å²) < 4.78 is 77.0. The number of unbranched alkanes of at least 4 members (excludes halogenated alkanes) is 1. The molecule has 2 aromatic rings. The molecule has 3 rings (SSSR count). The van der Waals surface area contributed by atoms with Gasteiger partial charge in [0.25, 0.3) is 0 Å². The van der Waals surface area contributed by atoms with E-state index in [1.165, 1.54) is 6.07 Å². The molecule has 1 aromatic carbocycles. The zero-order valence-electron chi connectivity index (χ0n) is 24.6. The summed E-state index contributed by atoms with van der Waals surface area (Å²) in [6.45, 7) is 6.77. The number of anilines is 1. The third kappa shape index (κ3) is 13.5. The Morgan fingerprint density at radius 3 is 1.98 bits per heavy atom. The maximum Gasteiger partial charge on any atom is 0.490 e. The van der Waals surface area contributed by atoms with Gasteiger partial charge in [0, 0.05) is 47.8 Å². The second-order valence-corrected chi connectivity index (χ2v) is 10.0. The van der Waals surface area contributed by atoms with Crippen LogP contribution in [0.15, 0.2) is 42.5 Å². The van der Waals surface area contributed by atoms with E-state index in [1.54, 1.807) is 17.0 Å². The average molecular weight is 650 g/mol. The number of nitrogens with zero attached hydrogens (tertiary/aromatic N) is 2. The van der Waals surface area contributed by atoms with Gasteiger partial charge in [-0.05, 0) is 55.2 Å². The van der Waals surface area contributed by atoms with Crippen molar-refractivity contribution in [1.82, 2.24) is 4.98 Å². The van der Waals surface area contributed by atoms with Crippen molar-refractivity contribution in [3.8, 4) is 11.8 Å². The Labute approximate surface area is 255 Å². The monoisotopic (exact) mass is 649 g/mol. The molecular formula is C30H34F7N3O5. The number of nitrogens with two attached hydrogens (primary N) is 1. The minimum atomic E-state index is -5.08. The Kier molecular flexibility index (Phi) is 15.0. The molecule has 0 spiro atoms. The van der Waals surface area contributed by atoms with Gasteiger partial charge in [0.05, 0.1) is 0 Å². The molecule has 0 bridgehead atoms. The van der Waals surface area contributed by atoms with E-state index >= 15 is 0 Å². The number of amides is 1. The van der Waals surface area contributed by atoms with Crippen molar-refractivity contribution < 1.29 is 55.3 Å². The van der Waals surface area contributed by atoms with E-state index in [9.17, 15) is 35.5 Å². The van der Waals surface area contributed by atoms with Gasteiger partial charge in [-0.1, -0.05) is 45.1 Å². The summed E-state index contributed by atoms with van der Waals surface area (Å²) in [6, 6.07) is 12.4. The van der Waals surface area contributed by atoms with E-state index in [1.807, 2.05) is 24.3 Å². The quantitative estimate of drug-likeness (QED) is 0.178. The number of aliphatic carboxylic acids is 2. The number of carbonyl (C=O) groups excluding carboxylic acids is 1. The summed E-state index contributed by atoms with van der Waals surface area (Å²) in [5.41, 5.74) is 8.82. The average Bonchev–Trinajstić information content (AvgIpc) is 3.76. The summed E-state index contributed by atoms with van der Waals surface area (Å²) in [5, 5.41) is 14.2. The van der Waals surface area contributed by atoms with Crippen LogP contribution in [0, 0.1) is 29.6 Å². The highest BCUT2D eigenvalue weighted by Crippen LogP contribution is 2.48. The molecule has 1 fully saturated rings. The third-order valence-electron chi connectivity index (χ3n) is 6.53. The van der Waals surface area contributed by atoms with Gasteiger partial charge < -0.3 is 20.8 Å². The summed E-state index contributed by atoms with van der Waals surface area (Å²) >= 11 is 0. The van der Waals surface area contributed by atoms with E-state index in [2.05, 4.69) is 37.6 Å². The van der Waals surface area contributed by atoms with Crippen molar-refractivity contribution in [2.45, 2.75) is 70.8 Å². The van der Waals surface area contributed by atoms with Crippen LogP contribution < -0.4 is 10.6 Å². The van der Waals surface area contributed by atoms with Gasteiger partial charge in [-0.3, -0.25) is 4.79 Å². The second-order valence-electron chi connectivity index (χ2n) is 10.0. The van der Waals surface area contributed by atoms with Crippen LogP contribution in [0.4, 0.5) is 36.4 Å². The minimum Gasteiger partial charge on any atom is -0.475 e. The topological polar surface area (TPSA) is 134 Å². The third-order valence-corrected chi connectivity index (χ3v) is 6.53. The normalized spacial score (nSPS) is 16.7. The molecule has 0 saturated heterocycles. The highest BCUT2D eigenvalue weighted by Gasteiger charge is 2.47. The van der Waals surface area contributed by atoms with Crippen molar-refractivity contribution in [2.24, 2.45) is 17.6 Å². The Morgan fingerprint density at radius 1 is 1.00 bits per heavy atom. The first-order valence-corrected chi connectivity index (χ1v) is 13.7. The molecule has 248 valence electrons. The lowest BCUT2D eigenvalue weighted by Crippen LogP contribution is -2.45. The van der Waals surface area contributed by atoms with Crippen LogP contribution in [0.5, 0.6) is 0 Å². The molecule has 1 heterocycles. The Balaban J connectivity index is 0.000000601. The minimum absolute atomic E-state index is 0.0274. The van der Waals surface area contributed by atoms with Crippen LogP contribution in [0.1, 0.15) is 63.6 Å². The zero-order valence-corrected chi connectivity index (χ0v) is 24.6. The predicted octanol–water partition coefficient (Wildman–Crippen LogP) is 6.15. The SMILES string of the molecule is CCCC#Cc1ccc(N(C[C@@H](N)[C@@H](C)CC)C(=O)[C@H]2C[C@@H]2c2cccc(F)n2)cc1.O=C(O)C(F)(F)F.O=C(O)C(F)(F)F. The van der Waals surface area contributed by atoms with E-state index in [0.29, 0.717) is 24.6 Å². The van der Waals surface area contributed by atoms with E-state index in [4.69, 9.17) is 25.5 Å². The standard InChI is InChI=1S/C26H32FN3O.2C2HF3O2/c1-4-6-7-9-19-12-14-20(15-13-19)30(17-23(28)18(3)5-2)26(31)22-16-21(22)24-10-8-11-25(27)29-24;2*3-2(4,5)1(6)7/h8,10-15,18,21-23H,4-6,16-17,28H2,1-3H3;2*(H,6,7)/t18-,21-,22-,23+;;/m0../s1. The number of hydrogen-bond acceptors (Lipinski definition) is 5. The first-order valence-electron chi connectivity index (χ1n) is 13.7. The van der Waals surface area contributed by atoms with Crippen molar-refractivity contribution in [3.05, 3.63) is 59.7 Å². The number of pyridine rings is 1. The van der Waals surface area contributed by atoms with Gasteiger partial charge in [0.1, 0.15) is 0 Å². The number of rotatable bonds is 8. The van der Waals surface area contributed by atoms with Crippen LogP contribution in [0.3, 0.4) is 0 Å². The van der Waals surface area contributed by atoms with E-state index in [-0.39, 0.29) is 23.8 Å². The predicted molar refractivity (Wildman–Crippen MR) is 150 cm³/mol. The maximum absolute atomic E-state index is 13.5. The number of carboxylic acid groups (broad SMARTS) is 2. The first-order chi connectivity index (χ1) is 20.8. The van der Waals surface area contributed by atoms with Crippen LogP contribution in [-0.4, -0.2) is 58.0 Å². The van der Waals surface area contributed by atoms with Crippen molar-refractivity contribution >= 4 is 23.5 Å². The van der Waals surface area contributed by atoms with Gasteiger partial charge in [-0.15, -0.1) is 0 Å². The molecule has 8 nitrogen and oxygen atoms in total. The summed E-state index contributed by atoms with van der Waals surface area (Å²) in [6.07, 6.45) is -6.63. The lowest BCUT2D eigenvalue weighted by atomic mass is 9.99. The highest BCUT2D eigenvalue weighted by molar-refractivity contribution is 5.97. The summed E-state index contributed by atoms with van der Waals surface area (Å²) in [5.74, 6) is 0.378. The van der Waals surface area contributed by atoms with Crippen LogP contribution in [0.25, 0.3) is 0 Å². The van der Waals surface area contributed by atoms with Crippen molar-refractivity contribution in [3.63, 3.8) is 0 Å². The number of hydrogen-bond donors (Lipinski definition) is 3. The Bertz CT molecular complexity index is 1310. The molecule has 0 unspecified atom stereocenters. The molecule has 0 aliphatic heterocycles. The molecule has 0 radical (unpaired) electrons. The lowest BCUT2D eigenvalue weighted by molar-refractivity contribution is -0.193. The van der Waals surface area contributed by atoms with Gasteiger partial charge in [0.2, 0.25) is 11.9 Å². The van der Waals surface area contributed by atoms with E-state index < -0.39 is 30.2 Å². The number of alkyl halides is 6. The number of halogens is 7. The van der Waals surface area contributed by atoms with E-state index in [0.717, 1.165) is 30.5 Å². The van der Waals surface area contributed by atoms with Crippen LogP contribution in [0.2, 0.25) is 0 Å². The van der Waals surface area contributed by atoms with Crippen LogP contribution >= 0.6 is 0 Å². The van der Waals surface area contributed by atoms with Gasteiger partial charge in [-0.25, -0.2) is 14.6 Å². The molecule has 1 saturated carbocycles. The second kappa shape index (κ2) is 17.3.